The molecular formula is C13H15NO2. The smallest absolute Gasteiger partial charge is 0.258 e. The Bertz CT molecular complexity index is 368. The van der Waals surface area contributed by atoms with Crippen molar-refractivity contribution < 1.29 is 9.59 Å². The van der Waals surface area contributed by atoms with Gasteiger partial charge in [-0.3, -0.25) is 14.9 Å². The maximum atomic E-state index is 10.9. The lowest BCUT2D eigenvalue weighted by atomic mass is 10.1. The van der Waals surface area contributed by atoms with E-state index in [-0.39, 0.29) is 11.8 Å². The van der Waals surface area contributed by atoms with Gasteiger partial charge in [0.15, 0.2) is 0 Å². The third kappa shape index (κ3) is 2.30. The van der Waals surface area contributed by atoms with E-state index in [1.54, 1.807) is 24.3 Å². The predicted molar refractivity (Wildman–Crippen MR) is 61.3 cm³/mol. The number of imide groups is 1. The first-order valence-electron chi connectivity index (χ1n) is 5.74. The highest BCUT2D eigenvalue weighted by molar-refractivity contribution is 6.21. The topological polar surface area (TPSA) is 46.2 Å². The molecule has 1 aliphatic heterocycles. The highest BCUT2D eigenvalue weighted by Gasteiger charge is 2.25. The molecule has 2 aliphatic rings. The summed E-state index contributed by atoms with van der Waals surface area (Å²) < 4.78 is 0. The van der Waals surface area contributed by atoms with Gasteiger partial charge in [0, 0.05) is 0 Å². The zero-order valence-electron chi connectivity index (χ0n) is 9.16. The number of rotatable bonds is 0. The van der Waals surface area contributed by atoms with Crippen molar-refractivity contribution in [2.75, 3.05) is 0 Å². The molecule has 1 N–H and O–H groups in total. The molecule has 16 heavy (non-hydrogen) atoms. The van der Waals surface area contributed by atoms with Gasteiger partial charge in [0.05, 0.1) is 11.1 Å². The van der Waals surface area contributed by atoms with Crippen LogP contribution in [-0.4, -0.2) is 11.8 Å². The van der Waals surface area contributed by atoms with Gasteiger partial charge in [0.1, 0.15) is 0 Å². The molecule has 1 heterocycles. The molecule has 1 aromatic carbocycles. The molecule has 3 heteroatoms. The number of nitrogens with one attached hydrogen (secondary N) is 1. The molecule has 0 aromatic heterocycles. The van der Waals surface area contributed by atoms with Crippen LogP contribution >= 0.6 is 0 Å². The summed E-state index contributed by atoms with van der Waals surface area (Å²) in [7, 11) is 0. The van der Waals surface area contributed by atoms with Gasteiger partial charge in [-0.15, -0.1) is 0 Å². The molecule has 1 saturated carbocycles. The first-order valence-corrected chi connectivity index (χ1v) is 5.74. The molecule has 1 aliphatic carbocycles. The van der Waals surface area contributed by atoms with Gasteiger partial charge in [-0.25, -0.2) is 0 Å². The third-order valence-electron chi connectivity index (χ3n) is 2.89. The van der Waals surface area contributed by atoms with Crippen molar-refractivity contribution in [3.63, 3.8) is 0 Å². The highest BCUT2D eigenvalue weighted by Crippen LogP contribution is 2.15. The first-order chi connectivity index (χ1) is 7.79. The van der Waals surface area contributed by atoms with E-state index in [0.29, 0.717) is 11.1 Å². The summed E-state index contributed by atoms with van der Waals surface area (Å²) in [4.78, 5) is 21.9. The van der Waals surface area contributed by atoms with E-state index in [1.165, 1.54) is 32.1 Å². The van der Waals surface area contributed by atoms with E-state index < -0.39 is 0 Å². The molecular weight excluding hydrogens is 202 g/mol. The van der Waals surface area contributed by atoms with Gasteiger partial charge in [-0.05, 0) is 12.1 Å². The minimum absolute atomic E-state index is 0.300. The molecule has 1 fully saturated rings. The number of amides is 2. The second kappa shape index (κ2) is 4.92. The number of carbonyl (C=O) groups excluding carboxylic acids is 2. The summed E-state index contributed by atoms with van der Waals surface area (Å²) in [5.41, 5.74) is 0.940. The molecule has 0 bridgehead atoms. The molecule has 3 rings (SSSR count). The lowest BCUT2D eigenvalue weighted by Gasteiger charge is -1.88. The Morgan fingerprint density at radius 3 is 1.50 bits per heavy atom. The van der Waals surface area contributed by atoms with Gasteiger partial charge in [-0.1, -0.05) is 44.2 Å². The van der Waals surface area contributed by atoms with Crippen molar-refractivity contribution >= 4 is 11.8 Å². The van der Waals surface area contributed by atoms with Crippen LogP contribution in [0, 0.1) is 0 Å². The maximum absolute atomic E-state index is 10.9. The quantitative estimate of drug-likeness (QED) is 0.679. The van der Waals surface area contributed by atoms with Crippen molar-refractivity contribution in [1.29, 1.82) is 0 Å². The SMILES string of the molecule is C1CCCC1.O=C1NC(=O)c2ccccc21. The van der Waals surface area contributed by atoms with Crippen molar-refractivity contribution in [3.05, 3.63) is 35.4 Å². The Morgan fingerprint density at radius 1 is 0.750 bits per heavy atom. The fraction of sp³-hybridized carbons (Fsp3) is 0.385. The van der Waals surface area contributed by atoms with E-state index in [4.69, 9.17) is 0 Å². The van der Waals surface area contributed by atoms with Gasteiger partial charge < -0.3 is 0 Å². The summed E-state index contributed by atoms with van der Waals surface area (Å²) in [6.45, 7) is 0. The standard InChI is InChI=1S/C8H5NO2.C5H10/c10-7-5-3-1-2-4-6(5)8(11)9-7;1-2-4-5-3-1/h1-4H,(H,9,10,11);1-5H2. The summed E-state index contributed by atoms with van der Waals surface area (Å²) in [5.74, 6) is -0.601. The van der Waals surface area contributed by atoms with Crippen molar-refractivity contribution in [2.45, 2.75) is 32.1 Å². The molecule has 84 valence electrons. The zero-order valence-corrected chi connectivity index (χ0v) is 9.16. The minimum atomic E-state index is -0.300. The number of hydrogen-bond donors (Lipinski definition) is 1. The van der Waals surface area contributed by atoms with Crippen LogP contribution in [0.2, 0.25) is 0 Å². The van der Waals surface area contributed by atoms with Gasteiger partial charge >= 0.3 is 0 Å². The van der Waals surface area contributed by atoms with E-state index in [0.717, 1.165) is 0 Å². The zero-order chi connectivity index (χ0) is 11.4. The summed E-state index contributed by atoms with van der Waals surface area (Å²) in [6, 6.07) is 6.74. The predicted octanol–water partition coefficient (Wildman–Crippen LogP) is 2.52. The van der Waals surface area contributed by atoms with Gasteiger partial charge in [-0.2, -0.15) is 0 Å². The van der Waals surface area contributed by atoms with E-state index >= 15 is 0 Å². The third-order valence-corrected chi connectivity index (χ3v) is 2.89. The molecule has 1 aromatic rings. The lowest BCUT2D eigenvalue weighted by molar-refractivity contribution is 0.0879. The second-order valence-electron chi connectivity index (χ2n) is 4.10. The van der Waals surface area contributed by atoms with Gasteiger partial charge in [0.25, 0.3) is 11.8 Å². The van der Waals surface area contributed by atoms with Crippen LogP contribution in [0.4, 0.5) is 0 Å². The molecule has 0 spiro atoms. The fourth-order valence-corrected chi connectivity index (χ4v) is 2.00. The molecule has 0 unspecified atom stereocenters. The molecule has 2 amide bonds. The van der Waals surface area contributed by atoms with Crippen molar-refractivity contribution in [1.82, 2.24) is 5.32 Å². The maximum Gasteiger partial charge on any atom is 0.258 e. The second-order valence-corrected chi connectivity index (χ2v) is 4.10. The normalized spacial score (nSPS) is 17.5. The number of fused-ring (bicyclic) bond motifs is 1. The highest BCUT2D eigenvalue weighted by atomic mass is 16.2. The average molecular weight is 217 g/mol. The van der Waals surface area contributed by atoms with Crippen LogP contribution in [0.15, 0.2) is 24.3 Å². The average Bonchev–Trinajstić information content (AvgIpc) is 2.94. The molecule has 0 saturated heterocycles. The van der Waals surface area contributed by atoms with Crippen LogP contribution < -0.4 is 5.32 Å². The van der Waals surface area contributed by atoms with Crippen LogP contribution in [0.5, 0.6) is 0 Å². The lowest BCUT2D eigenvalue weighted by Crippen LogP contribution is -2.19. The van der Waals surface area contributed by atoms with Crippen molar-refractivity contribution in [2.24, 2.45) is 0 Å². The number of carbonyl (C=O) groups is 2. The first kappa shape index (κ1) is 10.9. The van der Waals surface area contributed by atoms with Crippen molar-refractivity contribution in [3.8, 4) is 0 Å². The monoisotopic (exact) mass is 217 g/mol. The fourth-order valence-electron chi connectivity index (χ4n) is 2.00. The Hall–Kier alpha value is -1.64. The number of hydrogen-bond acceptors (Lipinski definition) is 2. The number of benzene rings is 1. The Morgan fingerprint density at radius 2 is 1.12 bits per heavy atom. The van der Waals surface area contributed by atoms with Crippen LogP contribution in [0.3, 0.4) is 0 Å². The van der Waals surface area contributed by atoms with E-state index in [2.05, 4.69) is 5.32 Å². The summed E-state index contributed by atoms with van der Waals surface area (Å²) in [6.07, 6.45) is 7.50. The van der Waals surface area contributed by atoms with Gasteiger partial charge in [0.2, 0.25) is 0 Å². The van der Waals surface area contributed by atoms with Crippen LogP contribution in [-0.2, 0) is 0 Å². The molecule has 0 atom stereocenters. The van der Waals surface area contributed by atoms with Crippen LogP contribution in [0.25, 0.3) is 0 Å². The Labute approximate surface area is 94.9 Å². The van der Waals surface area contributed by atoms with E-state index in [9.17, 15) is 9.59 Å². The minimum Gasteiger partial charge on any atom is -0.288 e. The largest absolute Gasteiger partial charge is 0.288 e. The Kier molecular flexibility index (Phi) is 3.34. The Balaban J connectivity index is 0.000000162. The van der Waals surface area contributed by atoms with Crippen LogP contribution in [0.1, 0.15) is 52.8 Å². The summed E-state index contributed by atoms with van der Waals surface area (Å²) >= 11 is 0. The van der Waals surface area contributed by atoms with E-state index in [1.807, 2.05) is 0 Å². The molecule has 3 nitrogen and oxygen atoms in total. The summed E-state index contributed by atoms with van der Waals surface area (Å²) in [5, 5.41) is 2.20. The molecule has 0 radical (unpaired) electrons.